The summed E-state index contributed by atoms with van der Waals surface area (Å²) in [5.74, 6) is 1.57. The van der Waals surface area contributed by atoms with Gasteiger partial charge in [-0.3, -0.25) is 4.68 Å². The molecule has 1 saturated carbocycles. The molecule has 2 N–H and O–H groups in total. The lowest BCUT2D eigenvalue weighted by Crippen LogP contribution is -2.51. The quantitative estimate of drug-likeness (QED) is 0.898. The van der Waals surface area contributed by atoms with Crippen LogP contribution in [-0.4, -0.2) is 41.0 Å². The standard InChI is InChI=1S/C19H25N5O/c1-23-18(9-10-20-23)24-11-5-8-15(13-24)21-19(25)22-17-12-16(17)14-6-3-2-4-7-14/h2-4,6-7,9-10,15-17H,5,8,11-13H2,1H3,(H2,21,22,25)/t15-,16-,17+/m0/s1. The zero-order valence-electron chi connectivity index (χ0n) is 14.6. The Morgan fingerprint density at radius 3 is 2.80 bits per heavy atom. The van der Waals surface area contributed by atoms with E-state index in [1.54, 1.807) is 0 Å². The van der Waals surface area contributed by atoms with Crippen LogP contribution in [-0.2, 0) is 7.05 Å². The molecule has 2 aliphatic rings. The highest BCUT2D eigenvalue weighted by atomic mass is 16.2. The lowest BCUT2D eigenvalue weighted by molar-refractivity contribution is 0.234. The van der Waals surface area contributed by atoms with Crippen LogP contribution in [0.4, 0.5) is 10.6 Å². The molecule has 0 spiro atoms. The number of urea groups is 1. The summed E-state index contributed by atoms with van der Waals surface area (Å²) in [7, 11) is 1.95. The van der Waals surface area contributed by atoms with Gasteiger partial charge in [0.2, 0.25) is 0 Å². The predicted octanol–water partition coefficient (Wildman–Crippen LogP) is 2.24. The summed E-state index contributed by atoms with van der Waals surface area (Å²) in [6.07, 6.45) is 4.94. The second kappa shape index (κ2) is 6.78. The number of carbonyl (C=O) groups is 1. The summed E-state index contributed by atoms with van der Waals surface area (Å²) in [5, 5.41) is 10.5. The Bertz CT molecular complexity index is 728. The van der Waals surface area contributed by atoms with E-state index in [1.807, 2.05) is 30.1 Å². The lowest BCUT2D eigenvalue weighted by Gasteiger charge is -2.34. The molecule has 6 nitrogen and oxygen atoms in total. The van der Waals surface area contributed by atoms with E-state index in [0.29, 0.717) is 5.92 Å². The number of aromatic nitrogens is 2. The summed E-state index contributed by atoms with van der Waals surface area (Å²) in [6, 6.07) is 12.8. The minimum Gasteiger partial charge on any atom is -0.355 e. The molecule has 6 heteroatoms. The first kappa shape index (κ1) is 16.0. The molecule has 0 bridgehead atoms. The van der Waals surface area contributed by atoms with Gasteiger partial charge in [0.05, 0.1) is 6.20 Å². The number of amides is 2. The molecule has 0 radical (unpaired) electrons. The molecular weight excluding hydrogens is 314 g/mol. The number of benzene rings is 1. The summed E-state index contributed by atoms with van der Waals surface area (Å²) in [4.78, 5) is 14.6. The maximum Gasteiger partial charge on any atom is 0.315 e. The van der Waals surface area contributed by atoms with Gasteiger partial charge >= 0.3 is 6.03 Å². The van der Waals surface area contributed by atoms with Crippen LogP contribution in [0.25, 0.3) is 0 Å². The van der Waals surface area contributed by atoms with E-state index in [4.69, 9.17) is 0 Å². The molecule has 2 heterocycles. The van der Waals surface area contributed by atoms with Crippen LogP contribution in [0.2, 0.25) is 0 Å². The molecule has 2 amide bonds. The fourth-order valence-electron chi connectivity index (χ4n) is 3.80. The minimum atomic E-state index is -0.0414. The van der Waals surface area contributed by atoms with Gasteiger partial charge in [-0.1, -0.05) is 30.3 Å². The first-order valence-corrected chi connectivity index (χ1v) is 9.05. The highest BCUT2D eigenvalue weighted by Crippen LogP contribution is 2.40. The smallest absolute Gasteiger partial charge is 0.315 e. The maximum absolute atomic E-state index is 12.3. The van der Waals surface area contributed by atoms with E-state index < -0.39 is 0 Å². The number of carbonyl (C=O) groups excluding carboxylic acids is 1. The molecule has 4 rings (SSSR count). The SMILES string of the molecule is Cn1nccc1N1CCC[C@H](NC(=O)N[C@@H]2C[C@H]2c2ccccc2)C1. The van der Waals surface area contributed by atoms with E-state index in [9.17, 15) is 4.79 Å². The van der Waals surface area contributed by atoms with Crippen molar-refractivity contribution >= 4 is 11.8 Å². The summed E-state index contributed by atoms with van der Waals surface area (Å²) < 4.78 is 1.89. The van der Waals surface area contributed by atoms with Crippen molar-refractivity contribution in [3.05, 3.63) is 48.2 Å². The third kappa shape index (κ3) is 3.62. The van der Waals surface area contributed by atoms with Crippen LogP contribution in [0.3, 0.4) is 0 Å². The summed E-state index contributed by atoms with van der Waals surface area (Å²) in [6.45, 7) is 1.85. The molecule has 2 fully saturated rings. The van der Waals surface area contributed by atoms with Crippen molar-refractivity contribution in [1.82, 2.24) is 20.4 Å². The zero-order chi connectivity index (χ0) is 17.2. The number of nitrogens with one attached hydrogen (secondary N) is 2. The third-order valence-electron chi connectivity index (χ3n) is 5.21. The Balaban J connectivity index is 1.28. The van der Waals surface area contributed by atoms with Gasteiger partial charge in [0, 0.05) is 44.2 Å². The van der Waals surface area contributed by atoms with Crippen molar-refractivity contribution < 1.29 is 4.79 Å². The van der Waals surface area contributed by atoms with Gasteiger partial charge in [0.15, 0.2) is 0 Å². The molecule has 2 aromatic rings. The molecule has 1 saturated heterocycles. The number of nitrogens with zero attached hydrogens (tertiary/aromatic N) is 3. The summed E-state index contributed by atoms with van der Waals surface area (Å²) >= 11 is 0. The van der Waals surface area contributed by atoms with Crippen molar-refractivity contribution in [1.29, 1.82) is 0 Å². The first-order chi connectivity index (χ1) is 12.2. The predicted molar refractivity (Wildman–Crippen MR) is 97.7 cm³/mol. The lowest BCUT2D eigenvalue weighted by atomic mass is 10.1. The molecule has 25 heavy (non-hydrogen) atoms. The number of aryl methyl sites for hydroxylation is 1. The number of anilines is 1. The largest absolute Gasteiger partial charge is 0.355 e. The fraction of sp³-hybridized carbons (Fsp3) is 0.474. The van der Waals surface area contributed by atoms with E-state index >= 15 is 0 Å². The molecule has 0 unspecified atom stereocenters. The molecule has 1 aliphatic carbocycles. The van der Waals surface area contributed by atoms with Crippen LogP contribution >= 0.6 is 0 Å². The van der Waals surface area contributed by atoms with Crippen LogP contribution in [0, 0.1) is 0 Å². The van der Waals surface area contributed by atoms with E-state index in [0.717, 1.165) is 38.2 Å². The second-order valence-corrected chi connectivity index (χ2v) is 7.08. The molecule has 1 aromatic carbocycles. The van der Waals surface area contributed by atoms with Crippen LogP contribution in [0.15, 0.2) is 42.6 Å². The van der Waals surface area contributed by atoms with Gasteiger partial charge in [-0.25, -0.2) is 4.79 Å². The Morgan fingerprint density at radius 2 is 2.04 bits per heavy atom. The molecule has 1 aromatic heterocycles. The Morgan fingerprint density at radius 1 is 1.20 bits per heavy atom. The number of piperidine rings is 1. The molecule has 1 aliphatic heterocycles. The minimum absolute atomic E-state index is 0.0414. The normalized spacial score (nSPS) is 25.5. The average Bonchev–Trinajstić information content (AvgIpc) is 3.25. The Hall–Kier alpha value is -2.50. The van der Waals surface area contributed by atoms with Crippen LogP contribution in [0.1, 0.15) is 30.7 Å². The van der Waals surface area contributed by atoms with Crippen molar-refractivity contribution in [3.8, 4) is 0 Å². The molecule has 3 atom stereocenters. The van der Waals surface area contributed by atoms with Gasteiger partial charge < -0.3 is 15.5 Å². The molecule has 132 valence electrons. The van der Waals surface area contributed by atoms with Gasteiger partial charge in [-0.15, -0.1) is 0 Å². The Labute approximate surface area is 148 Å². The van der Waals surface area contributed by atoms with Crippen LogP contribution in [0.5, 0.6) is 0 Å². The van der Waals surface area contributed by atoms with Crippen molar-refractivity contribution in [2.24, 2.45) is 7.05 Å². The van der Waals surface area contributed by atoms with Crippen molar-refractivity contribution in [2.75, 3.05) is 18.0 Å². The van der Waals surface area contributed by atoms with Gasteiger partial charge in [0.1, 0.15) is 5.82 Å². The monoisotopic (exact) mass is 339 g/mol. The molecular formula is C19H25N5O. The van der Waals surface area contributed by atoms with E-state index in [2.05, 4.69) is 44.9 Å². The van der Waals surface area contributed by atoms with E-state index in [1.165, 1.54) is 5.56 Å². The van der Waals surface area contributed by atoms with Gasteiger partial charge in [-0.2, -0.15) is 5.10 Å². The van der Waals surface area contributed by atoms with Crippen molar-refractivity contribution in [2.45, 2.75) is 37.3 Å². The highest BCUT2D eigenvalue weighted by Gasteiger charge is 2.39. The Kier molecular flexibility index (Phi) is 4.34. The number of rotatable bonds is 4. The highest BCUT2D eigenvalue weighted by molar-refractivity contribution is 5.75. The second-order valence-electron chi connectivity index (χ2n) is 7.08. The van der Waals surface area contributed by atoms with E-state index in [-0.39, 0.29) is 18.1 Å². The van der Waals surface area contributed by atoms with Crippen molar-refractivity contribution in [3.63, 3.8) is 0 Å². The first-order valence-electron chi connectivity index (χ1n) is 9.05. The van der Waals surface area contributed by atoms with Crippen LogP contribution < -0.4 is 15.5 Å². The topological polar surface area (TPSA) is 62.2 Å². The number of hydrogen-bond acceptors (Lipinski definition) is 3. The van der Waals surface area contributed by atoms with Gasteiger partial charge in [0.25, 0.3) is 0 Å². The van der Waals surface area contributed by atoms with Gasteiger partial charge in [-0.05, 0) is 24.8 Å². The number of hydrogen-bond donors (Lipinski definition) is 2. The fourth-order valence-corrected chi connectivity index (χ4v) is 3.80. The summed E-state index contributed by atoms with van der Waals surface area (Å²) in [5.41, 5.74) is 1.31. The maximum atomic E-state index is 12.3. The third-order valence-corrected chi connectivity index (χ3v) is 5.21. The average molecular weight is 339 g/mol. The zero-order valence-corrected chi connectivity index (χ0v) is 14.6.